The van der Waals surface area contributed by atoms with Gasteiger partial charge in [0.05, 0.1) is 32.8 Å². The first kappa shape index (κ1) is 31.1. The van der Waals surface area contributed by atoms with Gasteiger partial charge in [0, 0.05) is 33.0 Å². The van der Waals surface area contributed by atoms with Gasteiger partial charge < -0.3 is 14.4 Å². The topological polar surface area (TPSA) is 22.6 Å². The molecule has 4 heterocycles. The van der Waals surface area contributed by atoms with Gasteiger partial charge in [-0.15, -0.1) is 11.3 Å². The summed E-state index contributed by atoms with van der Waals surface area (Å²) < 4.78 is 2.55. The Balaban J connectivity index is 1.20. The molecule has 2 aliphatic heterocycles. The van der Waals surface area contributed by atoms with Crippen molar-refractivity contribution in [2.75, 3.05) is 14.4 Å². The molecule has 0 atom stereocenters. The fourth-order valence-corrected chi connectivity index (χ4v) is 15.3. The molecule has 7 heteroatoms. The van der Waals surface area contributed by atoms with E-state index in [-0.39, 0.29) is 7.12 Å². The lowest BCUT2D eigenvalue weighted by Crippen LogP contribution is -2.75. The van der Waals surface area contributed by atoms with Crippen molar-refractivity contribution in [3.63, 3.8) is 0 Å². The molecule has 0 radical (unpaired) electrons. The van der Waals surface area contributed by atoms with Gasteiger partial charge >= 0.3 is 7.12 Å². The molecule has 2 aliphatic rings. The van der Waals surface area contributed by atoms with Crippen LogP contribution >= 0.6 is 11.3 Å². The van der Waals surface area contributed by atoms with Gasteiger partial charge in [0.25, 0.3) is 0 Å². The summed E-state index contributed by atoms with van der Waals surface area (Å²) in [5.41, 5.74) is 7.09. The van der Waals surface area contributed by atoms with Crippen molar-refractivity contribution in [1.29, 1.82) is 0 Å². The van der Waals surface area contributed by atoms with Crippen molar-refractivity contribution in [2.24, 2.45) is 0 Å². The molecule has 0 saturated heterocycles. The number of thiophene rings is 1. The first-order valence-corrected chi connectivity index (χ1v) is 21.2. The highest BCUT2D eigenvalue weighted by molar-refractivity contribution is 7.30. The first-order chi connectivity index (χ1) is 26.8. The second-order valence-electron chi connectivity index (χ2n) is 13.9. The van der Waals surface area contributed by atoms with Gasteiger partial charge in [-0.05, 0) is 76.2 Å². The van der Waals surface area contributed by atoms with Crippen LogP contribution in [0.1, 0.15) is 0 Å². The number of para-hydroxylation sites is 5. The van der Waals surface area contributed by atoms with E-state index in [1.807, 2.05) is 17.5 Å². The Hall–Kier alpha value is -6.41. The van der Waals surface area contributed by atoms with Gasteiger partial charge in [0.1, 0.15) is 0 Å². The fourth-order valence-electron chi connectivity index (χ4n) is 8.94. The summed E-state index contributed by atoms with van der Waals surface area (Å²) in [5, 5.41) is 7.66. The number of hydrogen-bond acceptors (Lipinski definition) is 5. The number of fused-ring (bicyclic) bond motifs is 8. The van der Waals surface area contributed by atoms with Crippen LogP contribution in [0.2, 0.25) is 0 Å². The molecule has 7 aromatic carbocycles. The van der Waals surface area contributed by atoms with E-state index in [1.165, 1.54) is 63.8 Å². The maximum absolute atomic E-state index is 5.44. The summed E-state index contributed by atoms with van der Waals surface area (Å²) in [5.74, 6) is 0. The quantitative estimate of drug-likeness (QED) is 0.126. The third-order valence-electron chi connectivity index (χ3n) is 11.1. The van der Waals surface area contributed by atoms with E-state index in [0.717, 1.165) is 11.4 Å². The number of aromatic nitrogens is 1. The van der Waals surface area contributed by atoms with Crippen molar-refractivity contribution < 1.29 is 0 Å². The number of anilines is 6. The van der Waals surface area contributed by atoms with E-state index < -0.39 is 8.07 Å². The van der Waals surface area contributed by atoms with Crippen molar-refractivity contribution in [1.82, 2.24) is 4.98 Å². The molecule has 4 nitrogen and oxygen atoms in total. The predicted molar refractivity (Wildman–Crippen MR) is 232 cm³/mol. The summed E-state index contributed by atoms with van der Waals surface area (Å²) in [6.45, 7) is 0. The van der Waals surface area contributed by atoms with Gasteiger partial charge in [-0.2, -0.15) is 0 Å². The highest BCUT2D eigenvalue weighted by atomic mass is 32.1. The molecule has 0 spiro atoms. The van der Waals surface area contributed by atoms with Crippen LogP contribution in [0, 0.1) is 0 Å². The molecule has 54 heavy (non-hydrogen) atoms. The van der Waals surface area contributed by atoms with Gasteiger partial charge in [-0.25, -0.2) is 0 Å². The lowest BCUT2D eigenvalue weighted by molar-refractivity contribution is 1.33. The largest absolute Gasteiger partial charge is 0.519 e. The lowest BCUT2D eigenvalue weighted by atomic mass is 9.86. The van der Waals surface area contributed by atoms with Crippen LogP contribution in [0.25, 0.3) is 20.2 Å². The van der Waals surface area contributed by atoms with E-state index in [4.69, 9.17) is 4.98 Å². The third kappa shape index (κ3) is 4.46. The minimum Gasteiger partial charge on any atom is -0.344 e. The van der Waals surface area contributed by atoms with E-state index in [2.05, 4.69) is 209 Å². The number of hydrogen-bond donors (Lipinski definition) is 0. The third-order valence-corrected chi connectivity index (χ3v) is 17.2. The van der Waals surface area contributed by atoms with Crippen molar-refractivity contribution in [3.8, 4) is 0 Å². The second kappa shape index (κ2) is 12.3. The van der Waals surface area contributed by atoms with Crippen LogP contribution in [0.5, 0.6) is 0 Å². The van der Waals surface area contributed by atoms with E-state index in [1.54, 1.807) is 0 Å². The second-order valence-corrected chi connectivity index (χ2v) is 18.7. The molecule has 0 aliphatic carbocycles. The number of benzene rings is 7. The molecular weight excluding hydrogens is 692 g/mol. The smallest absolute Gasteiger partial charge is 0.344 e. The van der Waals surface area contributed by atoms with Gasteiger partial charge in [0.2, 0.25) is 8.07 Å². The molecule has 2 aromatic heterocycles. The van der Waals surface area contributed by atoms with E-state index in [0.29, 0.717) is 0 Å². The Bertz CT molecular complexity index is 2780. The number of pyridine rings is 1. The van der Waals surface area contributed by atoms with Crippen molar-refractivity contribution in [2.45, 2.75) is 0 Å². The summed E-state index contributed by atoms with van der Waals surface area (Å²) in [4.78, 5) is 13.0. The Morgan fingerprint density at radius 2 is 0.926 bits per heavy atom. The monoisotopic (exact) mass is 724 g/mol. The highest BCUT2D eigenvalue weighted by Gasteiger charge is 2.54. The Kier molecular flexibility index (Phi) is 7.12. The molecule has 0 bridgehead atoms. The molecule has 0 fully saturated rings. The zero-order chi connectivity index (χ0) is 35.6. The SMILES string of the molecule is c1ccc(N2B3N(c4cccc([Si](c5ccccc5)(c5ccccc5)c5nccc6c5sc5ccccc56)c4)c4ccccc4N3c3ccccc32)cc1. The zero-order valence-electron chi connectivity index (χ0n) is 29.3. The minimum atomic E-state index is -3.03. The summed E-state index contributed by atoms with van der Waals surface area (Å²) >= 11 is 1.87. The molecule has 11 rings (SSSR count). The van der Waals surface area contributed by atoms with E-state index >= 15 is 0 Å². The van der Waals surface area contributed by atoms with Crippen LogP contribution in [-0.2, 0) is 0 Å². The van der Waals surface area contributed by atoms with Crippen LogP contribution in [0.15, 0.2) is 200 Å². The Morgan fingerprint density at radius 3 is 1.57 bits per heavy atom. The standard InChI is InChI=1S/C47H33BN4SSi/c1-4-17-34(18-5-1)50-41-26-11-13-28-43(41)52-44-29-14-12-27-42(44)51(48(50)52)35-19-16-24-38(33-35)54(36-20-6-2-7-21-36,37-22-8-3-9-23-37)47-46-40(31-32-49-47)39-25-10-15-30-45(39)53-46/h1-33H. The Morgan fingerprint density at radius 1 is 0.426 bits per heavy atom. The summed E-state index contributed by atoms with van der Waals surface area (Å²) in [6.07, 6.45) is 2.04. The average Bonchev–Trinajstić information content (AvgIpc) is 3.90. The predicted octanol–water partition coefficient (Wildman–Crippen LogP) is 9.25. The first-order valence-electron chi connectivity index (χ1n) is 18.4. The van der Waals surface area contributed by atoms with Gasteiger partial charge in [-0.3, -0.25) is 4.98 Å². The minimum absolute atomic E-state index is 0.133. The Labute approximate surface area is 320 Å². The fraction of sp³-hybridized carbons (Fsp3) is 0. The van der Waals surface area contributed by atoms with Crippen LogP contribution < -0.4 is 35.3 Å². The van der Waals surface area contributed by atoms with Crippen LogP contribution in [0.3, 0.4) is 0 Å². The van der Waals surface area contributed by atoms with Crippen molar-refractivity contribution >= 4 is 102 Å². The number of rotatable bonds is 6. The number of nitrogens with zero attached hydrogens (tertiary/aromatic N) is 4. The molecular formula is C47H33BN4SSi. The normalized spacial score (nSPS) is 13.4. The molecule has 0 N–H and O–H groups in total. The molecule has 0 amide bonds. The zero-order valence-corrected chi connectivity index (χ0v) is 31.1. The van der Waals surface area contributed by atoms with Gasteiger partial charge in [0.15, 0.2) is 0 Å². The summed E-state index contributed by atoms with van der Waals surface area (Å²) in [7, 11) is -3.17. The van der Waals surface area contributed by atoms with Crippen molar-refractivity contribution in [3.05, 3.63) is 200 Å². The summed E-state index contributed by atoms with van der Waals surface area (Å²) in [6, 6.07) is 71.2. The average molecular weight is 725 g/mol. The van der Waals surface area contributed by atoms with Crippen LogP contribution in [-0.4, -0.2) is 20.2 Å². The molecule has 0 saturated carbocycles. The molecule has 9 aromatic rings. The van der Waals surface area contributed by atoms with Gasteiger partial charge in [-0.1, -0.05) is 133 Å². The highest BCUT2D eigenvalue weighted by Crippen LogP contribution is 2.55. The molecule has 0 unspecified atom stereocenters. The maximum atomic E-state index is 5.44. The van der Waals surface area contributed by atoms with E-state index in [9.17, 15) is 0 Å². The molecule has 254 valence electrons. The van der Waals surface area contributed by atoms with Crippen LogP contribution in [0.4, 0.5) is 34.1 Å². The maximum Gasteiger partial charge on any atom is 0.519 e. The lowest BCUT2D eigenvalue weighted by Gasteiger charge is -2.35.